The molecular formula is C20H25N3O2. The highest BCUT2D eigenvalue weighted by molar-refractivity contribution is 5.73. The lowest BCUT2D eigenvalue weighted by molar-refractivity contribution is -0.129. The summed E-state index contributed by atoms with van der Waals surface area (Å²) in [4.78, 5) is 20.2. The molecule has 1 aromatic heterocycles. The molecular weight excluding hydrogens is 314 g/mol. The quantitative estimate of drug-likeness (QED) is 0.857. The van der Waals surface area contributed by atoms with Crippen LogP contribution in [0.5, 0.6) is 5.75 Å². The molecule has 2 heterocycles. The topological polar surface area (TPSA) is 45.7 Å². The van der Waals surface area contributed by atoms with Gasteiger partial charge in [-0.05, 0) is 43.7 Å². The van der Waals surface area contributed by atoms with E-state index in [0.717, 1.165) is 24.5 Å². The third-order valence-corrected chi connectivity index (χ3v) is 4.46. The van der Waals surface area contributed by atoms with Crippen LogP contribution in [-0.4, -0.2) is 41.5 Å². The fourth-order valence-corrected chi connectivity index (χ4v) is 3.24. The van der Waals surface area contributed by atoms with Crippen molar-refractivity contribution >= 4 is 11.6 Å². The zero-order valence-corrected chi connectivity index (χ0v) is 15.1. The Balaban J connectivity index is 1.88. The molecule has 132 valence electrons. The molecule has 0 bridgehead atoms. The van der Waals surface area contributed by atoms with Gasteiger partial charge < -0.3 is 14.5 Å². The molecule has 0 radical (unpaired) electrons. The first-order valence-electron chi connectivity index (χ1n) is 8.73. The van der Waals surface area contributed by atoms with Gasteiger partial charge in [-0.25, -0.2) is 0 Å². The Morgan fingerprint density at radius 2 is 1.80 bits per heavy atom. The van der Waals surface area contributed by atoms with Crippen molar-refractivity contribution in [3.8, 4) is 5.75 Å². The van der Waals surface area contributed by atoms with Gasteiger partial charge >= 0.3 is 0 Å². The first kappa shape index (κ1) is 17.3. The first-order chi connectivity index (χ1) is 12.0. The molecule has 5 nitrogen and oxygen atoms in total. The predicted octanol–water partition coefficient (Wildman–Crippen LogP) is 3.28. The van der Waals surface area contributed by atoms with E-state index in [-0.39, 0.29) is 18.1 Å². The fraction of sp³-hybridized carbons (Fsp3) is 0.400. The number of hydrogen-bond acceptors (Lipinski definition) is 4. The van der Waals surface area contributed by atoms with Gasteiger partial charge in [-0.2, -0.15) is 0 Å². The lowest BCUT2D eigenvalue weighted by Gasteiger charge is -2.42. The largest absolute Gasteiger partial charge is 0.491 e. The van der Waals surface area contributed by atoms with Crippen LogP contribution in [0.4, 0.5) is 5.69 Å². The number of piperazine rings is 1. The molecule has 0 unspecified atom stereocenters. The van der Waals surface area contributed by atoms with Crippen LogP contribution in [0.3, 0.4) is 0 Å². The van der Waals surface area contributed by atoms with Crippen molar-refractivity contribution in [1.29, 1.82) is 0 Å². The molecule has 3 rings (SSSR count). The first-order valence-corrected chi connectivity index (χ1v) is 8.73. The minimum atomic E-state index is 0.119. The minimum Gasteiger partial charge on any atom is -0.491 e. The predicted molar refractivity (Wildman–Crippen MR) is 98.8 cm³/mol. The maximum absolute atomic E-state index is 11.9. The van der Waals surface area contributed by atoms with Gasteiger partial charge in [-0.1, -0.05) is 12.1 Å². The standard InChI is InChI=1S/C20H25N3O2/c1-15(2)25-19-6-4-17(5-7-19)20-14-22(16(3)24)12-13-23(20)18-8-10-21-11-9-18/h4-11,15,20H,12-14H2,1-3H3/t20-/m0/s1. The van der Waals surface area contributed by atoms with Crippen LogP contribution < -0.4 is 9.64 Å². The number of amides is 1. The Hall–Kier alpha value is -2.56. The van der Waals surface area contributed by atoms with Crippen LogP contribution in [0, 0.1) is 0 Å². The molecule has 0 spiro atoms. The van der Waals surface area contributed by atoms with Crippen LogP contribution in [0.15, 0.2) is 48.8 Å². The lowest BCUT2D eigenvalue weighted by Crippen LogP contribution is -2.50. The lowest BCUT2D eigenvalue weighted by atomic mass is 10.0. The Bertz CT molecular complexity index is 701. The molecule has 1 atom stereocenters. The third kappa shape index (κ3) is 4.10. The smallest absolute Gasteiger partial charge is 0.219 e. The zero-order chi connectivity index (χ0) is 17.8. The summed E-state index contributed by atoms with van der Waals surface area (Å²) >= 11 is 0. The molecule has 1 aliphatic rings. The van der Waals surface area contributed by atoms with Crippen molar-refractivity contribution in [2.75, 3.05) is 24.5 Å². The molecule has 5 heteroatoms. The molecule has 0 aliphatic carbocycles. The van der Waals surface area contributed by atoms with E-state index in [1.165, 1.54) is 5.56 Å². The van der Waals surface area contributed by atoms with Gasteiger partial charge in [0.1, 0.15) is 5.75 Å². The average molecular weight is 339 g/mol. The van der Waals surface area contributed by atoms with Gasteiger partial charge in [0, 0.05) is 44.6 Å². The molecule has 1 aromatic carbocycles. The minimum absolute atomic E-state index is 0.119. The summed E-state index contributed by atoms with van der Waals surface area (Å²) < 4.78 is 5.74. The van der Waals surface area contributed by atoms with Crippen LogP contribution in [0.25, 0.3) is 0 Å². The number of carbonyl (C=O) groups is 1. The van der Waals surface area contributed by atoms with Gasteiger partial charge in [0.15, 0.2) is 0 Å². The van der Waals surface area contributed by atoms with Crippen LogP contribution in [-0.2, 0) is 4.79 Å². The molecule has 2 aromatic rings. The van der Waals surface area contributed by atoms with E-state index < -0.39 is 0 Å². The van der Waals surface area contributed by atoms with Gasteiger partial charge in [0.05, 0.1) is 12.1 Å². The summed E-state index contributed by atoms with van der Waals surface area (Å²) in [5.41, 5.74) is 2.31. The number of pyridine rings is 1. The van der Waals surface area contributed by atoms with Crippen molar-refractivity contribution in [2.24, 2.45) is 0 Å². The van der Waals surface area contributed by atoms with Gasteiger partial charge in [0.25, 0.3) is 0 Å². The van der Waals surface area contributed by atoms with Crippen molar-refractivity contribution < 1.29 is 9.53 Å². The van der Waals surface area contributed by atoms with Crippen molar-refractivity contribution in [2.45, 2.75) is 32.9 Å². The highest BCUT2D eigenvalue weighted by Gasteiger charge is 2.29. The highest BCUT2D eigenvalue weighted by Crippen LogP contribution is 2.31. The molecule has 0 N–H and O–H groups in total. The number of aromatic nitrogens is 1. The third-order valence-electron chi connectivity index (χ3n) is 4.46. The van der Waals surface area contributed by atoms with Crippen molar-refractivity contribution in [3.63, 3.8) is 0 Å². The highest BCUT2D eigenvalue weighted by atomic mass is 16.5. The van der Waals surface area contributed by atoms with E-state index in [0.29, 0.717) is 6.54 Å². The summed E-state index contributed by atoms with van der Waals surface area (Å²) in [6.07, 6.45) is 3.77. The molecule has 1 saturated heterocycles. The maximum atomic E-state index is 11.9. The number of anilines is 1. The summed E-state index contributed by atoms with van der Waals surface area (Å²) in [6.45, 7) is 7.90. The fourth-order valence-electron chi connectivity index (χ4n) is 3.24. The Morgan fingerprint density at radius 1 is 1.12 bits per heavy atom. The molecule has 1 fully saturated rings. The second-order valence-corrected chi connectivity index (χ2v) is 6.62. The van der Waals surface area contributed by atoms with E-state index in [2.05, 4.69) is 22.0 Å². The van der Waals surface area contributed by atoms with E-state index in [1.54, 1.807) is 6.92 Å². The SMILES string of the molecule is CC(=O)N1CCN(c2ccncc2)[C@H](c2ccc(OC(C)C)cc2)C1. The molecule has 1 amide bonds. The van der Waals surface area contributed by atoms with E-state index in [4.69, 9.17) is 4.74 Å². The number of benzene rings is 1. The Kier molecular flexibility index (Phi) is 5.22. The number of hydrogen-bond donors (Lipinski definition) is 0. The second kappa shape index (κ2) is 7.55. The van der Waals surface area contributed by atoms with Crippen molar-refractivity contribution in [3.05, 3.63) is 54.4 Å². The summed E-state index contributed by atoms with van der Waals surface area (Å²) in [6, 6.07) is 12.4. The van der Waals surface area contributed by atoms with Gasteiger partial charge in [-0.3, -0.25) is 9.78 Å². The van der Waals surface area contributed by atoms with Crippen LogP contribution in [0.1, 0.15) is 32.4 Å². The van der Waals surface area contributed by atoms with Crippen LogP contribution in [0.2, 0.25) is 0 Å². The average Bonchev–Trinajstić information content (AvgIpc) is 2.62. The normalized spacial score (nSPS) is 17.7. The monoisotopic (exact) mass is 339 g/mol. The Morgan fingerprint density at radius 3 is 2.40 bits per heavy atom. The zero-order valence-electron chi connectivity index (χ0n) is 15.1. The molecule has 1 aliphatic heterocycles. The molecule has 0 saturated carbocycles. The number of ether oxygens (including phenoxy) is 1. The van der Waals surface area contributed by atoms with E-state index >= 15 is 0 Å². The van der Waals surface area contributed by atoms with Gasteiger partial charge in [-0.15, -0.1) is 0 Å². The molecule has 25 heavy (non-hydrogen) atoms. The summed E-state index contributed by atoms with van der Waals surface area (Å²) in [5.74, 6) is 0.993. The van der Waals surface area contributed by atoms with Gasteiger partial charge in [0.2, 0.25) is 5.91 Å². The second-order valence-electron chi connectivity index (χ2n) is 6.62. The number of carbonyl (C=O) groups excluding carboxylic acids is 1. The maximum Gasteiger partial charge on any atom is 0.219 e. The van der Waals surface area contributed by atoms with Crippen LogP contribution >= 0.6 is 0 Å². The van der Waals surface area contributed by atoms with Crippen molar-refractivity contribution in [1.82, 2.24) is 9.88 Å². The Labute approximate surface area is 149 Å². The van der Waals surface area contributed by atoms with E-state index in [1.807, 2.05) is 55.4 Å². The number of nitrogens with zero attached hydrogens (tertiary/aromatic N) is 3. The summed E-state index contributed by atoms with van der Waals surface area (Å²) in [7, 11) is 0. The van der Waals surface area contributed by atoms with E-state index in [9.17, 15) is 4.79 Å². The summed E-state index contributed by atoms with van der Waals surface area (Å²) in [5, 5.41) is 0. The number of rotatable bonds is 4.